The lowest BCUT2D eigenvalue weighted by atomic mass is 9.75. The van der Waals surface area contributed by atoms with Gasteiger partial charge in [-0.15, -0.1) is 0 Å². The van der Waals surface area contributed by atoms with Crippen LogP contribution in [0.25, 0.3) is 0 Å². The fraction of sp³-hybridized carbons (Fsp3) is 0.700. The Bertz CT molecular complexity index is 475. The van der Waals surface area contributed by atoms with Crippen LogP contribution < -0.4 is 4.74 Å². The van der Waals surface area contributed by atoms with Gasteiger partial charge in [0.05, 0.1) is 6.61 Å². The maximum atomic E-state index is 6.27. The van der Waals surface area contributed by atoms with Crippen LogP contribution in [0.2, 0.25) is 5.28 Å². The van der Waals surface area contributed by atoms with E-state index < -0.39 is 0 Å². The van der Waals surface area contributed by atoms with E-state index in [1.54, 1.807) is 0 Å². The van der Waals surface area contributed by atoms with Crippen molar-refractivity contribution in [2.75, 3.05) is 6.61 Å². The molecule has 22 heavy (non-hydrogen) atoms. The fourth-order valence-corrected chi connectivity index (χ4v) is 2.74. The first-order valence-electron chi connectivity index (χ1n) is 8.60. The van der Waals surface area contributed by atoms with Gasteiger partial charge in [-0.05, 0) is 21.8 Å². The highest BCUT2D eigenvalue weighted by Crippen LogP contribution is 2.42. The summed E-state index contributed by atoms with van der Waals surface area (Å²) >= 11 is 1.19. The van der Waals surface area contributed by atoms with E-state index in [0.29, 0.717) is 0 Å². The minimum absolute atomic E-state index is 0.0851. The largest absolute Gasteiger partial charge is 0.494 e. The van der Waals surface area contributed by atoms with Crippen molar-refractivity contribution in [1.82, 2.24) is 0 Å². The van der Waals surface area contributed by atoms with E-state index in [0.717, 1.165) is 12.4 Å². The summed E-state index contributed by atoms with van der Waals surface area (Å²) in [4.78, 5) is 0. The maximum absolute atomic E-state index is 6.27. The molecule has 0 aromatic heterocycles. The van der Waals surface area contributed by atoms with Crippen LogP contribution in [0.5, 0.6) is 5.75 Å². The van der Waals surface area contributed by atoms with E-state index in [1.807, 2.05) is 0 Å². The lowest BCUT2D eigenvalue weighted by Crippen LogP contribution is -2.23. The third-order valence-corrected chi connectivity index (χ3v) is 4.43. The van der Waals surface area contributed by atoms with Crippen molar-refractivity contribution in [1.29, 1.82) is 0 Å². The molecule has 0 bridgehead atoms. The Morgan fingerprint density at radius 3 is 1.45 bits per heavy atom. The van der Waals surface area contributed by atoms with Crippen LogP contribution in [-0.4, -0.2) is 22.9 Å². The van der Waals surface area contributed by atoms with Crippen LogP contribution in [0.1, 0.15) is 79.0 Å². The fourth-order valence-electron chi connectivity index (χ4n) is 2.54. The third-order valence-electron chi connectivity index (χ3n) is 4.02. The van der Waals surface area contributed by atoms with E-state index >= 15 is 0 Å². The normalized spacial score (nSPS) is 13.3. The molecule has 0 aliphatic rings. The molecule has 0 amide bonds. The molecule has 0 unspecified atom stereocenters. The van der Waals surface area contributed by atoms with Crippen LogP contribution in [0.3, 0.4) is 0 Å². The number of rotatable bonds is 3. The van der Waals surface area contributed by atoms with E-state index in [2.05, 4.69) is 74.4 Å². The van der Waals surface area contributed by atoms with Crippen molar-refractivity contribution in [2.24, 2.45) is 0 Å². The van der Waals surface area contributed by atoms with Crippen LogP contribution in [-0.2, 0) is 16.2 Å². The average Bonchev–Trinajstić information content (AvgIpc) is 2.31. The molecule has 0 aliphatic carbocycles. The van der Waals surface area contributed by atoms with Gasteiger partial charge in [0, 0.05) is 11.1 Å². The molecule has 0 saturated carbocycles. The Kier molecular flexibility index (Phi) is 5.86. The second-order valence-electron chi connectivity index (χ2n) is 9.50. The molecule has 0 radical (unpaired) electrons. The average molecular weight is 318 g/mol. The molecule has 0 N–H and O–H groups in total. The van der Waals surface area contributed by atoms with Gasteiger partial charge in [-0.3, -0.25) is 0 Å². The van der Waals surface area contributed by atoms with Gasteiger partial charge in [-0.1, -0.05) is 79.7 Å². The first-order valence-corrected chi connectivity index (χ1v) is 10.0. The Morgan fingerprint density at radius 2 is 1.18 bits per heavy atom. The highest BCUT2D eigenvalue weighted by atomic mass is 27.0. The SMILES string of the molecule is CC(C)(C)c1cc(C(C)(C)C)c(OC[CH2][AlH2])c(C(C)(C)C)c1. The highest BCUT2D eigenvalue weighted by Gasteiger charge is 2.29. The van der Waals surface area contributed by atoms with Crippen molar-refractivity contribution >= 4 is 16.3 Å². The van der Waals surface area contributed by atoms with Crippen LogP contribution in [0.15, 0.2) is 12.1 Å². The van der Waals surface area contributed by atoms with Crippen LogP contribution >= 0.6 is 0 Å². The summed E-state index contributed by atoms with van der Waals surface area (Å²) < 4.78 is 6.27. The molecule has 0 heterocycles. The molecule has 1 aromatic carbocycles. The minimum atomic E-state index is 0.0851. The Morgan fingerprint density at radius 1 is 0.773 bits per heavy atom. The summed E-state index contributed by atoms with van der Waals surface area (Å²) in [6, 6.07) is 4.75. The van der Waals surface area contributed by atoms with Crippen molar-refractivity contribution in [3.63, 3.8) is 0 Å². The van der Waals surface area contributed by atoms with Gasteiger partial charge >= 0.3 is 0 Å². The van der Waals surface area contributed by atoms with Crippen molar-refractivity contribution in [2.45, 2.75) is 83.8 Å². The van der Waals surface area contributed by atoms with Gasteiger partial charge < -0.3 is 4.74 Å². The zero-order chi connectivity index (χ0) is 17.3. The lowest BCUT2D eigenvalue weighted by Gasteiger charge is -2.33. The zero-order valence-corrected chi connectivity index (χ0v) is 18.5. The summed E-state index contributed by atoms with van der Waals surface area (Å²) in [5.74, 6) is 1.13. The Hall–Kier alpha value is -0.448. The molecule has 1 nitrogen and oxygen atoms in total. The van der Waals surface area contributed by atoms with E-state index in [4.69, 9.17) is 4.74 Å². The zero-order valence-electron chi connectivity index (χ0n) is 16.5. The van der Waals surface area contributed by atoms with Gasteiger partial charge in [0.25, 0.3) is 0 Å². The van der Waals surface area contributed by atoms with Gasteiger partial charge in [0.15, 0.2) is 0 Å². The molecule has 1 aromatic rings. The molecule has 0 fully saturated rings. The Labute approximate surface area is 146 Å². The quantitative estimate of drug-likeness (QED) is 0.712. The van der Waals surface area contributed by atoms with Gasteiger partial charge in [0.1, 0.15) is 5.75 Å². The van der Waals surface area contributed by atoms with Crippen molar-refractivity contribution < 1.29 is 4.74 Å². The molecular weight excluding hydrogens is 283 g/mol. The summed E-state index contributed by atoms with van der Waals surface area (Å²) in [6.07, 6.45) is 0. The molecule has 1 rings (SSSR count). The molecule has 0 spiro atoms. The second kappa shape index (κ2) is 6.58. The predicted octanol–water partition coefficient (Wildman–Crippen LogP) is 5.01. The monoisotopic (exact) mass is 318 g/mol. The Balaban J connectivity index is 3.70. The molecule has 2 heteroatoms. The summed E-state index contributed by atoms with van der Waals surface area (Å²) in [5.41, 5.74) is 4.42. The van der Waals surface area contributed by atoms with Gasteiger partial charge in [-0.25, -0.2) is 0 Å². The minimum Gasteiger partial charge on any atom is -0.494 e. The maximum Gasteiger partial charge on any atom is 0.217 e. The van der Waals surface area contributed by atoms with E-state index in [9.17, 15) is 0 Å². The standard InChI is InChI=1S/C20H33O.Al.2H/c1-11-21-17-15(19(5,6)7)12-14(18(2,3)4)13-16(17)20(8,9)10;;;/h12-13H,1,11H2,2-10H3;;;. The smallest absolute Gasteiger partial charge is 0.217 e. The van der Waals surface area contributed by atoms with E-state index in [1.165, 1.54) is 38.3 Å². The number of ether oxygens (including phenoxy) is 1. The topological polar surface area (TPSA) is 9.23 Å². The number of benzene rings is 1. The summed E-state index contributed by atoms with van der Waals surface area (Å²) in [7, 11) is 0. The first kappa shape index (κ1) is 19.6. The summed E-state index contributed by atoms with van der Waals surface area (Å²) in [5, 5.41) is 1.17. The predicted molar refractivity (Wildman–Crippen MR) is 101 cm³/mol. The summed E-state index contributed by atoms with van der Waals surface area (Å²) in [6.45, 7) is 21.4. The van der Waals surface area contributed by atoms with Crippen LogP contribution in [0.4, 0.5) is 0 Å². The first-order chi connectivity index (χ1) is 9.78. The lowest BCUT2D eigenvalue weighted by molar-refractivity contribution is 0.319. The molecule has 124 valence electrons. The van der Waals surface area contributed by atoms with Crippen molar-refractivity contribution in [3.8, 4) is 5.75 Å². The highest BCUT2D eigenvalue weighted by molar-refractivity contribution is 6.08. The second-order valence-corrected chi connectivity index (χ2v) is 10.5. The molecule has 0 saturated heterocycles. The molecular formula is C20H35AlO. The number of hydrogen-bond donors (Lipinski definition) is 0. The number of hydrogen-bond acceptors (Lipinski definition) is 1. The van der Waals surface area contributed by atoms with Gasteiger partial charge in [-0.2, -0.15) is 0 Å². The molecule has 0 aliphatic heterocycles. The third kappa shape index (κ3) is 4.77. The van der Waals surface area contributed by atoms with Gasteiger partial charge in [0.2, 0.25) is 16.3 Å². The van der Waals surface area contributed by atoms with E-state index in [-0.39, 0.29) is 16.2 Å². The van der Waals surface area contributed by atoms with Crippen LogP contribution in [0, 0.1) is 0 Å². The molecule has 0 atom stereocenters. The van der Waals surface area contributed by atoms with Crippen molar-refractivity contribution in [3.05, 3.63) is 28.8 Å².